The summed E-state index contributed by atoms with van der Waals surface area (Å²) in [5.74, 6) is 1.60. The van der Waals surface area contributed by atoms with Crippen LogP contribution in [0.4, 0.5) is 0 Å². The molecule has 1 aliphatic heterocycles. The molecule has 33 heavy (non-hydrogen) atoms. The van der Waals surface area contributed by atoms with E-state index in [1.165, 1.54) is 5.56 Å². The Morgan fingerprint density at radius 1 is 1.09 bits per heavy atom. The average molecular weight is 470 g/mol. The van der Waals surface area contributed by atoms with Crippen LogP contribution in [0.2, 0.25) is 5.02 Å². The predicted molar refractivity (Wildman–Crippen MR) is 130 cm³/mol. The van der Waals surface area contributed by atoms with E-state index in [0.717, 1.165) is 53.6 Å². The maximum Gasteiger partial charge on any atom is 0.120 e. The fourth-order valence-corrected chi connectivity index (χ4v) is 4.46. The van der Waals surface area contributed by atoms with Crippen molar-refractivity contribution in [3.63, 3.8) is 0 Å². The maximum atomic E-state index is 11.2. The van der Waals surface area contributed by atoms with Gasteiger partial charge < -0.3 is 14.6 Å². The van der Waals surface area contributed by atoms with Crippen LogP contribution in [-0.4, -0.2) is 51.7 Å². The molecule has 2 heterocycles. The van der Waals surface area contributed by atoms with Crippen LogP contribution in [0.15, 0.2) is 54.9 Å². The van der Waals surface area contributed by atoms with E-state index >= 15 is 0 Å². The molecule has 0 radical (unpaired) electrons. The number of hydrogen-bond acceptors (Lipinski definition) is 5. The van der Waals surface area contributed by atoms with E-state index in [2.05, 4.69) is 22.1 Å². The highest BCUT2D eigenvalue weighted by atomic mass is 35.5. The van der Waals surface area contributed by atoms with Gasteiger partial charge in [0.05, 0.1) is 6.54 Å². The lowest BCUT2D eigenvalue weighted by Crippen LogP contribution is -2.51. The SMILES string of the molecule is Cc1cc(OC[C@]2(O)CCCN(Cc3cccc(OCCn4cccn4)c3)C2)cc(C)c1Cl. The molecule has 0 unspecified atom stereocenters. The molecule has 0 saturated carbocycles. The zero-order chi connectivity index (χ0) is 23.3. The van der Waals surface area contributed by atoms with Gasteiger partial charge in [-0.1, -0.05) is 23.7 Å². The minimum absolute atomic E-state index is 0.264. The molecule has 176 valence electrons. The first kappa shape index (κ1) is 23.6. The molecule has 0 bridgehead atoms. The van der Waals surface area contributed by atoms with Gasteiger partial charge in [0, 0.05) is 30.5 Å². The van der Waals surface area contributed by atoms with Crippen LogP contribution in [0.1, 0.15) is 29.5 Å². The number of likely N-dealkylation sites (tertiary alicyclic amines) is 1. The summed E-state index contributed by atoms with van der Waals surface area (Å²) in [7, 11) is 0. The van der Waals surface area contributed by atoms with Crippen molar-refractivity contribution in [1.82, 2.24) is 14.7 Å². The third-order valence-corrected chi connectivity index (χ3v) is 6.60. The van der Waals surface area contributed by atoms with Crippen molar-refractivity contribution in [2.24, 2.45) is 0 Å². The number of halogens is 1. The second kappa shape index (κ2) is 10.6. The Labute approximate surface area is 200 Å². The van der Waals surface area contributed by atoms with Crippen LogP contribution >= 0.6 is 11.6 Å². The van der Waals surface area contributed by atoms with Crippen LogP contribution in [0.3, 0.4) is 0 Å². The Bertz CT molecular complexity index is 1030. The van der Waals surface area contributed by atoms with E-state index in [9.17, 15) is 5.11 Å². The van der Waals surface area contributed by atoms with Gasteiger partial charge in [-0.3, -0.25) is 9.58 Å². The topological polar surface area (TPSA) is 59.8 Å². The number of ether oxygens (including phenoxy) is 2. The predicted octanol–water partition coefficient (Wildman–Crippen LogP) is 4.64. The molecule has 1 aliphatic rings. The van der Waals surface area contributed by atoms with Gasteiger partial charge in [-0.05, 0) is 80.3 Å². The fourth-order valence-electron chi connectivity index (χ4n) is 4.35. The average Bonchev–Trinajstić information content (AvgIpc) is 3.30. The minimum atomic E-state index is -0.877. The van der Waals surface area contributed by atoms with Crippen LogP contribution < -0.4 is 9.47 Å². The lowest BCUT2D eigenvalue weighted by Gasteiger charge is -2.39. The summed E-state index contributed by atoms with van der Waals surface area (Å²) in [5.41, 5.74) is 2.25. The van der Waals surface area contributed by atoms with Crippen molar-refractivity contribution in [3.05, 3.63) is 76.6 Å². The molecule has 0 spiro atoms. The van der Waals surface area contributed by atoms with E-state index in [4.69, 9.17) is 21.1 Å². The molecule has 1 aromatic heterocycles. The highest BCUT2D eigenvalue weighted by Gasteiger charge is 2.34. The fraction of sp³-hybridized carbons (Fsp3) is 0.423. The third kappa shape index (κ3) is 6.50. The number of aliphatic hydroxyl groups is 1. The molecule has 4 rings (SSSR count). The number of nitrogens with zero attached hydrogens (tertiary/aromatic N) is 3. The Balaban J connectivity index is 1.30. The maximum absolute atomic E-state index is 11.2. The summed E-state index contributed by atoms with van der Waals surface area (Å²) < 4.78 is 13.8. The first-order valence-corrected chi connectivity index (χ1v) is 11.8. The summed E-state index contributed by atoms with van der Waals surface area (Å²) in [6.45, 7) is 7.76. The molecule has 3 aromatic rings. The van der Waals surface area contributed by atoms with Gasteiger partial charge in [-0.2, -0.15) is 5.10 Å². The number of aromatic nitrogens is 2. The smallest absolute Gasteiger partial charge is 0.120 e. The molecular weight excluding hydrogens is 438 g/mol. The second-order valence-electron chi connectivity index (χ2n) is 8.96. The molecule has 6 nitrogen and oxygen atoms in total. The highest BCUT2D eigenvalue weighted by molar-refractivity contribution is 6.32. The molecule has 0 amide bonds. The molecule has 7 heteroatoms. The summed E-state index contributed by atoms with van der Waals surface area (Å²) in [6.07, 6.45) is 5.35. The van der Waals surface area contributed by atoms with E-state index in [0.29, 0.717) is 19.7 Å². The number of piperidine rings is 1. The largest absolute Gasteiger partial charge is 0.492 e. The Morgan fingerprint density at radius 2 is 1.91 bits per heavy atom. The minimum Gasteiger partial charge on any atom is -0.492 e. The number of hydrogen-bond donors (Lipinski definition) is 1. The monoisotopic (exact) mass is 469 g/mol. The third-order valence-electron chi connectivity index (χ3n) is 6.00. The van der Waals surface area contributed by atoms with E-state index in [1.54, 1.807) is 6.20 Å². The van der Waals surface area contributed by atoms with Crippen molar-refractivity contribution in [2.75, 3.05) is 26.3 Å². The number of rotatable bonds is 9. The van der Waals surface area contributed by atoms with Gasteiger partial charge in [0.15, 0.2) is 0 Å². The number of benzene rings is 2. The molecule has 2 aromatic carbocycles. The molecule has 1 N–H and O–H groups in total. The molecule has 1 atom stereocenters. The molecular formula is C26H32ClN3O3. The van der Waals surface area contributed by atoms with Crippen molar-refractivity contribution >= 4 is 11.6 Å². The Morgan fingerprint density at radius 3 is 2.67 bits per heavy atom. The first-order chi connectivity index (χ1) is 15.9. The lowest BCUT2D eigenvalue weighted by molar-refractivity contribution is -0.0621. The Kier molecular flexibility index (Phi) is 7.58. The molecule has 1 fully saturated rings. The molecule has 1 saturated heterocycles. The summed E-state index contributed by atoms with van der Waals surface area (Å²) in [6, 6.07) is 13.9. The summed E-state index contributed by atoms with van der Waals surface area (Å²) in [4.78, 5) is 2.29. The van der Waals surface area contributed by atoms with E-state index in [-0.39, 0.29) is 6.61 Å². The first-order valence-electron chi connectivity index (χ1n) is 11.4. The zero-order valence-corrected chi connectivity index (χ0v) is 20.1. The summed E-state index contributed by atoms with van der Waals surface area (Å²) in [5, 5.41) is 16.2. The zero-order valence-electron chi connectivity index (χ0n) is 19.3. The second-order valence-corrected chi connectivity index (χ2v) is 9.34. The van der Waals surface area contributed by atoms with Gasteiger partial charge in [0.1, 0.15) is 30.3 Å². The van der Waals surface area contributed by atoms with Crippen molar-refractivity contribution in [2.45, 2.75) is 45.4 Å². The number of aryl methyl sites for hydroxylation is 2. The van der Waals surface area contributed by atoms with E-state index in [1.807, 2.05) is 55.1 Å². The van der Waals surface area contributed by atoms with Gasteiger partial charge in [-0.25, -0.2) is 0 Å². The van der Waals surface area contributed by atoms with Crippen LogP contribution in [0, 0.1) is 13.8 Å². The van der Waals surface area contributed by atoms with Gasteiger partial charge in [0.25, 0.3) is 0 Å². The van der Waals surface area contributed by atoms with Gasteiger partial charge >= 0.3 is 0 Å². The highest BCUT2D eigenvalue weighted by Crippen LogP contribution is 2.28. The Hall–Kier alpha value is -2.54. The quantitative estimate of drug-likeness (QED) is 0.494. The van der Waals surface area contributed by atoms with Gasteiger partial charge in [0.2, 0.25) is 0 Å². The standard InChI is InChI=1S/C26H32ClN3O3/c1-20-14-24(15-21(2)25(20)27)33-19-26(31)8-4-10-29(18-26)17-22-6-3-7-23(16-22)32-13-12-30-11-5-9-28-30/h3,5-7,9,11,14-16,31H,4,8,10,12-13,17-19H2,1-2H3/t26-/m0/s1. The van der Waals surface area contributed by atoms with Crippen LogP contribution in [-0.2, 0) is 13.1 Å². The van der Waals surface area contributed by atoms with Crippen LogP contribution in [0.5, 0.6) is 11.5 Å². The van der Waals surface area contributed by atoms with Gasteiger partial charge in [-0.15, -0.1) is 0 Å². The van der Waals surface area contributed by atoms with Crippen molar-refractivity contribution in [1.29, 1.82) is 0 Å². The normalized spacial score (nSPS) is 18.9. The molecule has 0 aliphatic carbocycles. The van der Waals surface area contributed by atoms with Crippen LogP contribution in [0.25, 0.3) is 0 Å². The number of β-amino-alcohol motifs (C(OH)–C–C–N with tert-alkyl or cyclic N) is 1. The van der Waals surface area contributed by atoms with Crippen molar-refractivity contribution < 1.29 is 14.6 Å². The van der Waals surface area contributed by atoms with E-state index < -0.39 is 5.60 Å². The lowest BCUT2D eigenvalue weighted by atomic mass is 9.93. The summed E-state index contributed by atoms with van der Waals surface area (Å²) >= 11 is 6.26. The van der Waals surface area contributed by atoms with Crippen molar-refractivity contribution in [3.8, 4) is 11.5 Å².